The molecule has 6 heteroatoms. The van der Waals surface area contributed by atoms with E-state index in [4.69, 9.17) is 16.4 Å². The van der Waals surface area contributed by atoms with Gasteiger partial charge in [-0.05, 0) is 42.0 Å². The standard InChI is InChI=1S/C23H19ClN2O3/c24-19-11-14-20(15-12-19)25-21(16-23(29-25)18-7-2-1-3-8-18)13-10-17-6-4-5-9-22(17)26(27)28/h1-15,21,23H,16H2/b13-10+. The number of nitrogens with zero attached hydrogens (tertiary/aromatic N) is 2. The molecule has 3 aromatic rings. The summed E-state index contributed by atoms with van der Waals surface area (Å²) in [7, 11) is 0. The fourth-order valence-electron chi connectivity index (χ4n) is 3.44. The Hall–Kier alpha value is -3.15. The first-order chi connectivity index (χ1) is 14.1. The monoisotopic (exact) mass is 406 g/mol. The third-order valence-corrected chi connectivity index (χ3v) is 5.13. The van der Waals surface area contributed by atoms with Gasteiger partial charge in [-0.3, -0.25) is 15.0 Å². The molecule has 0 radical (unpaired) electrons. The maximum absolute atomic E-state index is 11.3. The van der Waals surface area contributed by atoms with Gasteiger partial charge in [0.15, 0.2) is 0 Å². The predicted octanol–water partition coefficient (Wildman–Crippen LogP) is 6.21. The number of hydrogen-bond donors (Lipinski definition) is 0. The van der Waals surface area contributed by atoms with Crippen LogP contribution in [0.25, 0.3) is 6.08 Å². The molecular formula is C23H19ClN2O3. The molecule has 3 aromatic carbocycles. The summed E-state index contributed by atoms with van der Waals surface area (Å²) in [4.78, 5) is 17.2. The molecule has 0 N–H and O–H groups in total. The number of nitro groups is 1. The van der Waals surface area contributed by atoms with Crippen LogP contribution in [0.5, 0.6) is 0 Å². The first-order valence-corrected chi connectivity index (χ1v) is 9.68. The van der Waals surface area contributed by atoms with Gasteiger partial charge < -0.3 is 0 Å². The Balaban J connectivity index is 1.65. The second kappa shape index (κ2) is 8.47. The molecule has 4 rings (SSSR count). The molecule has 0 aliphatic carbocycles. The normalized spacial score (nSPS) is 19.0. The van der Waals surface area contributed by atoms with Gasteiger partial charge in [-0.2, -0.15) is 0 Å². The van der Waals surface area contributed by atoms with Crippen LogP contribution in [-0.4, -0.2) is 11.0 Å². The van der Waals surface area contributed by atoms with E-state index in [0.717, 1.165) is 17.7 Å². The lowest BCUT2D eigenvalue weighted by Gasteiger charge is -2.23. The van der Waals surface area contributed by atoms with Crippen LogP contribution in [0, 0.1) is 10.1 Å². The van der Waals surface area contributed by atoms with E-state index in [-0.39, 0.29) is 22.8 Å². The molecule has 1 saturated heterocycles. The summed E-state index contributed by atoms with van der Waals surface area (Å²) in [6.07, 6.45) is 4.37. The highest BCUT2D eigenvalue weighted by molar-refractivity contribution is 6.30. The van der Waals surface area contributed by atoms with Gasteiger partial charge in [0.2, 0.25) is 0 Å². The maximum atomic E-state index is 11.3. The molecule has 1 heterocycles. The van der Waals surface area contributed by atoms with E-state index in [9.17, 15) is 10.1 Å². The highest BCUT2D eigenvalue weighted by atomic mass is 35.5. The minimum atomic E-state index is -0.367. The highest BCUT2D eigenvalue weighted by Gasteiger charge is 2.33. The molecule has 2 atom stereocenters. The van der Waals surface area contributed by atoms with Crippen molar-refractivity contribution in [3.63, 3.8) is 0 Å². The Morgan fingerprint density at radius 2 is 1.69 bits per heavy atom. The topological polar surface area (TPSA) is 55.6 Å². The third kappa shape index (κ3) is 4.31. The highest BCUT2D eigenvalue weighted by Crippen LogP contribution is 2.37. The number of nitro benzene ring substituents is 1. The van der Waals surface area contributed by atoms with Crippen molar-refractivity contribution in [1.29, 1.82) is 0 Å². The molecule has 5 nitrogen and oxygen atoms in total. The molecule has 0 spiro atoms. The Bertz CT molecular complexity index is 1020. The molecular weight excluding hydrogens is 388 g/mol. The van der Waals surface area contributed by atoms with Crippen LogP contribution in [0.1, 0.15) is 23.7 Å². The number of hydroxylamine groups is 1. The Morgan fingerprint density at radius 1 is 1.00 bits per heavy atom. The van der Waals surface area contributed by atoms with Crippen molar-refractivity contribution in [1.82, 2.24) is 0 Å². The summed E-state index contributed by atoms with van der Waals surface area (Å²) in [6, 6.07) is 24.1. The maximum Gasteiger partial charge on any atom is 0.276 e. The van der Waals surface area contributed by atoms with E-state index in [0.29, 0.717) is 10.6 Å². The van der Waals surface area contributed by atoms with Crippen LogP contribution in [0.3, 0.4) is 0 Å². The Morgan fingerprint density at radius 3 is 2.41 bits per heavy atom. The van der Waals surface area contributed by atoms with Gasteiger partial charge in [-0.15, -0.1) is 0 Å². The first-order valence-electron chi connectivity index (χ1n) is 9.30. The van der Waals surface area contributed by atoms with Gasteiger partial charge in [0.25, 0.3) is 5.69 Å². The molecule has 0 amide bonds. The SMILES string of the molecule is O=[N+]([O-])c1ccccc1/C=C/C1CC(c2ccccc2)ON1c1ccc(Cl)cc1. The van der Waals surface area contributed by atoms with Crippen LogP contribution in [0.15, 0.2) is 84.9 Å². The second-order valence-electron chi connectivity index (χ2n) is 6.79. The summed E-state index contributed by atoms with van der Waals surface area (Å²) in [6.45, 7) is 0. The van der Waals surface area contributed by atoms with Crippen molar-refractivity contribution in [2.75, 3.05) is 5.06 Å². The summed E-state index contributed by atoms with van der Waals surface area (Å²) in [5.74, 6) is 0. The fourth-order valence-corrected chi connectivity index (χ4v) is 3.57. The zero-order valence-electron chi connectivity index (χ0n) is 15.5. The molecule has 2 unspecified atom stereocenters. The predicted molar refractivity (Wildman–Crippen MR) is 115 cm³/mol. The van der Waals surface area contributed by atoms with E-state index in [1.807, 2.05) is 65.7 Å². The second-order valence-corrected chi connectivity index (χ2v) is 7.22. The van der Waals surface area contributed by atoms with Gasteiger partial charge in [0, 0.05) is 17.5 Å². The quantitative estimate of drug-likeness (QED) is 0.373. The lowest BCUT2D eigenvalue weighted by molar-refractivity contribution is -0.385. The molecule has 0 saturated carbocycles. The lowest BCUT2D eigenvalue weighted by atomic mass is 10.0. The van der Waals surface area contributed by atoms with Crippen LogP contribution in [-0.2, 0) is 4.84 Å². The molecule has 29 heavy (non-hydrogen) atoms. The van der Waals surface area contributed by atoms with Crippen molar-refractivity contribution in [2.24, 2.45) is 0 Å². The summed E-state index contributed by atoms with van der Waals surface area (Å²) in [5, 5.41) is 13.8. The van der Waals surface area contributed by atoms with Crippen molar-refractivity contribution in [3.8, 4) is 0 Å². The molecule has 0 bridgehead atoms. The number of rotatable bonds is 5. The fraction of sp³-hybridized carbons (Fsp3) is 0.130. The zero-order chi connectivity index (χ0) is 20.2. The van der Waals surface area contributed by atoms with Crippen molar-refractivity contribution in [3.05, 3.63) is 111 Å². The first kappa shape index (κ1) is 19.2. The Labute approximate surface area is 173 Å². The van der Waals surface area contributed by atoms with E-state index < -0.39 is 0 Å². The number of para-hydroxylation sites is 1. The van der Waals surface area contributed by atoms with Crippen LogP contribution >= 0.6 is 11.6 Å². The molecule has 146 valence electrons. The van der Waals surface area contributed by atoms with Crippen LogP contribution in [0.2, 0.25) is 5.02 Å². The van der Waals surface area contributed by atoms with E-state index in [1.165, 1.54) is 6.07 Å². The van der Waals surface area contributed by atoms with Gasteiger partial charge in [0.05, 0.1) is 22.2 Å². The number of benzene rings is 3. The summed E-state index contributed by atoms with van der Waals surface area (Å²) in [5.41, 5.74) is 2.62. The van der Waals surface area contributed by atoms with E-state index in [2.05, 4.69) is 0 Å². The zero-order valence-corrected chi connectivity index (χ0v) is 16.3. The van der Waals surface area contributed by atoms with E-state index in [1.54, 1.807) is 24.3 Å². The van der Waals surface area contributed by atoms with Crippen LogP contribution in [0.4, 0.5) is 11.4 Å². The minimum Gasteiger partial charge on any atom is -0.265 e. The van der Waals surface area contributed by atoms with E-state index >= 15 is 0 Å². The van der Waals surface area contributed by atoms with Crippen molar-refractivity contribution >= 4 is 29.1 Å². The molecule has 0 aromatic heterocycles. The van der Waals surface area contributed by atoms with Crippen LogP contribution < -0.4 is 5.06 Å². The number of hydrogen-bond acceptors (Lipinski definition) is 4. The largest absolute Gasteiger partial charge is 0.276 e. The van der Waals surface area contributed by atoms with Crippen molar-refractivity contribution in [2.45, 2.75) is 18.6 Å². The Kier molecular flexibility index (Phi) is 5.60. The van der Waals surface area contributed by atoms with Gasteiger partial charge in [-0.25, -0.2) is 5.06 Å². The summed E-state index contributed by atoms with van der Waals surface area (Å²) >= 11 is 6.03. The molecule has 1 aliphatic rings. The van der Waals surface area contributed by atoms with Gasteiger partial charge in [0.1, 0.15) is 6.10 Å². The van der Waals surface area contributed by atoms with Crippen molar-refractivity contribution < 1.29 is 9.76 Å². The lowest BCUT2D eigenvalue weighted by Crippen LogP contribution is -2.25. The summed E-state index contributed by atoms with van der Waals surface area (Å²) < 4.78 is 0. The molecule has 1 aliphatic heterocycles. The van der Waals surface area contributed by atoms with Gasteiger partial charge >= 0.3 is 0 Å². The minimum absolute atomic E-state index is 0.0822. The van der Waals surface area contributed by atoms with Gasteiger partial charge in [-0.1, -0.05) is 60.1 Å². The molecule has 1 fully saturated rings. The average molecular weight is 407 g/mol. The third-order valence-electron chi connectivity index (χ3n) is 4.88. The number of halogens is 1. The number of anilines is 1. The average Bonchev–Trinajstić information content (AvgIpc) is 3.18. The smallest absolute Gasteiger partial charge is 0.265 e.